The van der Waals surface area contributed by atoms with Gasteiger partial charge in [0.2, 0.25) is 5.43 Å². The fourth-order valence-corrected chi connectivity index (χ4v) is 4.44. The van der Waals surface area contributed by atoms with Crippen molar-refractivity contribution in [2.75, 3.05) is 11.4 Å². The Morgan fingerprint density at radius 2 is 1.75 bits per heavy atom. The van der Waals surface area contributed by atoms with E-state index in [4.69, 9.17) is 16.3 Å². The van der Waals surface area contributed by atoms with Crippen molar-refractivity contribution in [1.29, 1.82) is 0 Å². The van der Waals surface area contributed by atoms with Crippen LogP contribution in [0.1, 0.15) is 23.2 Å². The summed E-state index contributed by atoms with van der Waals surface area (Å²) < 4.78 is 89.3. The van der Waals surface area contributed by atoms with Gasteiger partial charge >= 0.3 is 12.3 Å². The molecule has 2 fully saturated rings. The minimum atomic E-state index is -4.83. The lowest BCUT2D eigenvalue weighted by Crippen LogP contribution is -2.48. The van der Waals surface area contributed by atoms with Crippen molar-refractivity contribution in [3.8, 4) is 5.69 Å². The fourth-order valence-electron chi connectivity index (χ4n) is 4.32. The van der Waals surface area contributed by atoms with E-state index in [-0.39, 0.29) is 18.7 Å². The zero-order valence-corrected chi connectivity index (χ0v) is 20.5. The second-order valence-electron chi connectivity index (χ2n) is 9.12. The summed E-state index contributed by atoms with van der Waals surface area (Å²) in [5.41, 5.74) is -3.61. The van der Waals surface area contributed by atoms with E-state index < -0.39 is 93.2 Å². The molecule has 0 bridgehead atoms. The van der Waals surface area contributed by atoms with E-state index in [0.29, 0.717) is 22.9 Å². The number of ether oxygens (including phenoxy) is 1. The second kappa shape index (κ2) is 9.80. The number of aromatic nitrogens is 2. The van der Waals surface area contributed by atoms with Crippen LogP contribution in [0.3, 0.4) is 0 Å². The summed E-state index contributed by atoms with van der Waals surface area (Å²) in [7, 11) is 0. The van der Waals surface area contributed by atoms with Crippen molar-refractivity contribution >= 4 is 45.7 Å². The number of amides is 2. The molecule has 1 saturated carbocycles. The van der Waals surface area contributed by atoms with Crippen LogP contribution in [0.2, 0.25) is 0 Å². The highest BCUT2D eigenvalue weighted by Crippen LogP contribution is 2.40. The third-order valence-electron chi connectivity index (χ3n) is 6.38. The highest BCUT2D eigenvalue weighted by atomic mass is 35.5. The summed E-state index contributed by atoms with van der Waals surface area (Å²) in [5, 5.41) is 0.299. The zero-order valence-electron chi connectivity index (χ0n) is 19.8. The molecule has 2 unspecified atom stereocenters. The third-order valence-corrected chi connectivity index (χ3v) is 6.62. The zero-order chi connectivity index (χ0) is 29.1. The first-order valence-corrected chi connectivity index (χ1v) is 11.9. The van der Waals surface area contributed by atoms with Crippen LogP contribution in [0.25, 0.3) is 16.7 Å². The van der Waals surface area contributed by atoms with Gasteiger partial charge in [0, 0.05) is 18.3 Å². The van der Waals surface area contributed by atoms with Crippen LogP contribution >= 0.6 is 11.6 Å². The van der Waals surface area contributed by atoms with E-state index in [1.165, 1.54) is 0 Å². The van der Waals surface area contributed by atoms with Crippen molar-refractivity contribution in [2.24, 2.45) is 5.92 Å². The molecule has 210 valence electrons. The lowest BCUT2D eigenvalue weighted by Gasteiger charge is -2.22. The Labute approximate surface area is 224 Å². The smallest absolute Gasteiger partial charge is 0.416 e. The molecule has 3 aromatic rings. The summed E-state index contributed by atoms with van der Waals surface area (Å²) in [5.74, 6) is -6.93. The highest BCUT2D eigenvalue weighted by Gasteiger charge is 2.50. The molecule has 16 heteroatoms. The van der Waals surface area contributed by atoms with E-state index in [2.05, 4.69) is 4.98 Å². The quantitative estimate of drug-likeness (QED) is 0.345. The summed E-state index contributed by atoms with van der Waals surface area (Å²) in [6.07, 6.45) is -6.29. The molecule has 1 aliphatic heterocycles. The van der Waals surface area contributed by atoms with Crippen molar-refractivity contribution in [2.45, 2.75) is 31.2 Å². The van der Waals surface area contributed by atoms with Crippen LogP contribution in [0.5, 0.6) is 0 Å². The molecule has 9 nitrogen and oxygen atoms in total. The SMILES string of the molecule is O=C(NC(C1CC1)C(F)(F)F)c1cn(-c2c(F)cc(F)cc2F)c2nc(N3CC(C(=O)Cl)OC3=O)ccc2c1=O. The molecule has 2 aromatic heterocycles. The van der Waals surface area contributed by atoms with Crippen LogP contribution in [0, 0.1) is 23.4 Å². The van der Waals surface area contributed by atoms with Crippen LogP contribution in [-0.4, -0.2) is 51.7 Å². The first-order valence-electron chi connectivity index (χ1n) is 11.5. The van der Waals surface area contributed by atoms with E-state index in [1.807, 2.05) is 0 Å². The number of hydrogen-bond donors (Lipinski definition) is 1. The van der Waals surface area contributed by atoms with Crippen LogP contribution in [-0.2, 0) is 9.53 Å². The molecule has 2 atom stereocenters. The first-order chi connectivity index (χ1) is 18.8. The number of fused-ring (bicyclic) bond motifs is 1. The van der Waals surface area contributed by atoms with Gasteiger partial charge in [-0.2, -0.15) is 13.2 Å². The minimum absolute atomic E-state index is 0.195. The Morgan fingerprint density at radius 3 is 2.30 bits per heavy atom. The largest absolute Gasteiger partial charge is 0.434 e. The number of benzene rings is 1. The van der Waals surface area contributed by atoms with Crippen molar-refractivity contribution in [1.82, 2.24) is 14.9 Å². The predicted molar refractivity (Wildman–Crippen MR) is 126 cm³/mol. The number of carbonyl (C=O) groups excluding carboxylic acids is 3. The number of hydrogen-bond acceptors (Lipinski definition) is 6. The van der Waals surface area contributed by atoms with Crippen LogP contribution in [0.15, 0.2) is 35.3 Å². The molecule has 3 heterocycles. The number of anilines is 1. The maximum absolute atomic E-state index is 14.8. The molecule has 1 saturated heterocycles. The Kier molecular flexibility index (Phi) is 6.72. The molecular weight excluding hydrogens is 574 g/mol. The average molecular weight is 589 g/mol. The molecule has 5 rings (SSSR count). The van der Waals surface area contributed by atoms with Gasteiger partial charge < -0.3 is 10.1 Å². The molecule has 0 spiro atoms. The number of alkyl halides is 3. The summed E-state index contributed by atoms with van der Waals surface area (Å²) in [4.78, 5) is 54.7. The van der Waals surface area contributed by atoms with Crippen LogP contribution in [0.4, 0.5) is 37.0 Å². The van der Waals surface area contributed by atoms with Gasteiger partial charge in [-0.05, 0) is 42.5 Å². The van der Waals surface area contributed by atoms with Gasteiger partial charge in [0.1, 0.15) is 28.9 Å². The Bertz CT molecular complexity index is 1620. The number of cyclic esters (lactones) is 1. The molecule has 2 aliphatic rings. The van der Waals surface area contributed by atoms with Gasteiger partial charge in [0.05, 0.1) is 11.9 Å². The van der Waals surface area contributed by atoms with Gasteiger partial charge in [-0.15, -0.1) is 0 Å². The Hall–Kier alpha value is -4.14. The maximum Gasteiger partial charge on any atom is 0.416 e. The Balaban J connectivity index is 1.69. The molecular formula is C24H15ClF6N4O5. The number of pyridine rings is 2. The summed E-state index contributed by atoms with van der Waals surface area (Å²) >= 11 is 5.37. The fraction of sp³-hybridized carbons (Fsp3) is 0.292. The van der Waals surface area contributed by atoms with E-state index in [9.17, 15) is 45.5 Å². The van der Waals surface area contributed by atoms with E-state index >= 15 is 0 Å². The summed E-state index contributed by atoms with van der Waals surface area (Å²) in [6, 6.07) is 0.429. The van der Waals surface area contributed by atoms with Gasteiger partial charge in [0.15, 0.2) is 23.4 Å². The third kappa shape index (κ3) is 4.96. The van der Waals surface area contributed by atoms with E-state index in [0.717, 1.165) is 17.0 Å². The average Bonchev–Trinajstić information content (AvgIpc) is 3.62. The predicted octanol–water partition coefficient (Wildman–Crippen LogP) is 3.96. The van der Waals surface area contributed by atoms with Crippen molar-refractivity contribution < 1.29 is 45.5 Å². The molecule has 40 heavy (non-hydrogen) atoms. The van der Waals surface area contributed by atoms with E-state index in [1.54, 1.807) is 5.32 Å². The minimum Gasteiger partial charge on any atom is -0.434 e. The number of carbonyl (C=O) groups is 3. The molecule has 0 radical (unpaired) electrons. The van der Waals surface area contributed by atoms with Gasteiger partial charge in [-0.3, -0.25) is 23.9 Å². The second-order valence-corrected chi connectivity index (χ2v) is 9.49. The number of nitrogens with one attached hydrogen (secondary N) is 1. The monoisotopic (exact) mass is 588 g/mol. The standard InChI is InChI=1S/C24H15ClF6N4O5/c25-20(37)15-8-34(23(39)40-15)16-4-3-11-18(36)12(22(38)33-19(9-1-2-9)24(29,30)31)7-35(21(11)32-16)17-13(27)5-10(26)6-14(17)28/h3-7,9,15,19H,1-2,8H2,(H,33,38). The first kappa shape index (κ1) is 27.4. The van der Waals surface area contributed by atoms with Crippen molar-refractivity contribution in [3.05, 3.63) is 63.7 Å². The Morgan fingerprint density at radius 1 is 1.10 bits per heavy atom. The molecule has 1 aliphatic carbocycles. The van der Waals surface area contributed by atoms with Crippen molar-refractivity contribution in [3.63, 3.8) is 0 Å². The number of rotatable bonds is 6. The maximum atomic E-state index is 14.8. The number of halogens is 7. The van der Waals surface area contributed by atoms with Gasteiger partial charge in [-0.1, -0.05) is 0 Å². The number of nitrogens with zero attached hydrogens (tertiary/aromatic N) is 3. The van der Waals surface area contributed by atoms with Gasteiger partial charge in [0.25, 0.3) is 11.1 Å². The topological polar surface area (TPSA) is 111 Å². The van der Waals surface area contributed by atoms with Gasteiger partial charge in [-0.25, -0.2) is 22.9 Å². The molecule has 1 N–H and O–H groups in total. The van der Waals surface area contributed by atoms with Crippen LogP contribution < -0.4 is 15.6 Å². The normalized spacial score (nSPS) is 18.1. The lowest BCUT2D eigenvalue weighted by molar-refractivity contribution is -0.158. The summed E-state index contributed by atoms with van der Waals surface area (Å²) in [6.45, 7) is -0.399. The molecule has 2 amide bonds. The molecule has 1 aromatic carbocycles. The highest BCUT2D eigenvalue weighted by molar-refractivity contribution is 6.64. The lowest BCUT2D eigenvalue weighted by atomic mass is 10.1.